The van der Waals surface area contributed by atoms with E-state index in [-0.39, 0.29) is 11.3 Å². The number of aliphatic hydroxyl groups excluding tert-OH is 1. The topological polar surface area (TPSA) is 98.5 Å². The van der Waals surface area contributed by atoms with Crippen molar-refractivity contribution in [2.45, 2.75) is 19.6 Å². The van der Waals surface area contributed by atoms with Gasteiger partial charge in [0.25, 0.3) is 0 Å². The molecule has 0 fully saturated rings. The average molecular weight is 314 g/mol. The Morgan fingerprint density at radius 2 is 2.13 bits per heavy atom. The number of phenolic OH excluding ortho intramolecular Hbond substituents is 1. The second kappa shape index (κ2) is 6.28. The van der Waals surface area contributed by atoms with Gasteiger partial charge >= 0.3 is 0 Å². The quantitative estimate of drug-likeness (QED) is 0.577. The third-order valence-electron chi connectivity index (χ3n) is 3.72. The lowest BCUT2D eigenvalue weighted by Gasteiger charge is -2.15. The fourth-order valence-electron chi connectivity index (χ4n) is 2.60. The fraction of sp³-hybridized carbons (Fsp3) is 0.235. The maximum absolute atomic E-state index is 11.4. The van der Waals surface area contributed by atoms with Crippen LogP contribution in [0.5, 0.6) is 5.75 Å². The van der Waals surface area contributed by atoms with Gasteiger partial charge in [0.05, 0.1) is 17.9 Å². The van der Waals surface area contributed by atoms with Gasteiger partial charge in [0.2, 0.25) is 5.56 Å². The van der Waals surface area contributed by atoms with Crippen molar-refractivity contribution >= 4 is 10.9 Å². The highest BCUT2D eigenvalue weighted by Crippen LogP contribution is 2.28. The van der Waals surface area contributed by atoms with Crippen LogP contribution in [-0.2, 0) is 6.54 Å². The summed E-state index contributed by atoms with van der Waals surface area (Å²) in [5.41, 5.74) is 1.69. The zero-order chi connectivity index (χ0) is 16.4. The van der Waals surface area contributed by atoms with Crippen LogP contribution in [0.2, 0.25) is 0 Å². The van der Waals surface area contributed by atoms with Crippen LogP contribution in [0.25, 0.3) is 10.9 Å². The van der Waals surface area contributed by atoms with Crippen molar-refractivity contribution in [2.24, 2.45) is 0 Å². The number of pyridine rings is 1. The van der Waals surface area contributed by atoms with E-state index in [2.05, 4.69) is 10.3 Å². The largest absolute Gasteiger partial charge is 0.506 e. The number of benzene rings is 1. The predicted octanol–water partition coefficient (Wildman–Crippen LogP) is 1.96. The van der Waals surface area contributed by atoms with E-state index < -0.39 is 6.10 Å². The van der Waals surface area contributed by atoms with Crippen molar-refractivity contribution in [3.63, 3.8) is 0 Å². The van der Waals surface area contributed by atoms with Gasteiger partial charge in [0.1, 0.15) is 11.5 Å². The van der Waals surface area contributed by atoms with Crippen molar-refractivity contribution in [2.75, 3.05) is 6.54 Å². The van der Waals surface area contributed by atoms with Crippen LogP contribution < -0.4 is 10.9 Å². The summed E-state index contributed by atoms with van der Waals surface area (Å²) < 4.78 is 5.22. The maximum Gasteiger partial charge on any atom is 0.248 e. The number of nitrogens with one attached hydrogen (secondary N) is 2. The summed E-state index contributed by atoms with van der Waals surface area (Å²) in [5, 5.41) is 24.0. The molecule has 3 aromatic rings. The van der Waals surface area contributed by atoms with Crippen LogP contribution >= 0.6 is 0 Å². The summed E-state index contributed by atoms with van der Waals surface area (Å²) in [4.78, 5) is 14.0. The predicted molar refractivity (Wildman–Crippen MR) is 86.3 cm³/mol. The number of aliphatic hydroxyl groups is 1. The molecule has 6 heteroatoms. The normalized spacial score (nSPS) is 12.6. The van der Waals surface area contributed by atoms with E-state index in [0.29, 0.717) is 29.6 Å². The Bertz CT molecular complexity index is 882. The molecule has 2 heterocycles. The van der Waals surface area contributed by atoms with Crippen LogP contribution in [0, 0.1) is 6.92 Å². The Labute approximate surface area is 132 Å². The van der Waals surface area contributed by atoms with Gasteiger partial charge in [-0.2, -0.15) is 0 Å². The van der Waals surface area contributed by atoms with Crippen LogP contribution in [0.15, 0.2) is 45.8 Å². The van der Waals surface area contributed by atoms with Crippen molar-refractivity contribution < 1.29 is 14.6 Å². The first-order valence-electron chi connectivity index (χ1n) is 7.32. The molecule has 3 rings (SSSR count). The minimum Gasteiger partial charge on any atom is -0.506 e. The van der Waals surface area contributed by atoms with Crippen LogP contribution in [0.4, 0.5) is 0 Å². The highest BCUT2D eigenvalue weighted by Gasteiger charge is 2.13. The second-order valence-electron chi connectivity index (χ2n) is 5.50. The van der Waals surface area contributed by atoms with Gasteiger partial charge in [0, 0.05) is 30.1 Å². The lowest BCUT2D eigenvalue weighted by Crippen LogP contribution is -2.21. The summed E-state index contributed by atoms with van der Waals surface area (Å²) in [6.45, 7) is 2.80. The number of furan rings is 1. The van der Waals surface area contributed by atoms with Gasteiger partial charge in [-0.25, -0.2) is 0 Å². The first-order valence-corrected chi connectivity index (χ1v) is 7.32. The van der Waals surface area contributed by atoms with E-state index in [4.69, 9.17) is 4.42 Å². The molecule has 0 radical (unpaired) electrons. The lowest BCUT2D eigenvalue weighted by atomic mass is 10.0. The number of aromatic nitrogens is 1. The third-order valence-corrected chi connectivity index (χ3v) is 3.72. The minimum absolute atomic E-state index is 0.0181. The van der Waals surface area contributed by atoms with Crippen molar-refractivity contribution in [1.82, 2.24) is 10.3 Å². The van der Waals surface area contributed by atoms with Gasteiger partial charge in [0.15, 0.2) is 0 Å². The van der Waals surface area contributed by atoms with Crippen molar-refractivity contribution in [1.29, 1.82) is 0 Å². The molecule has 120 valence electrons. The van der Waals surface area contributed by atoms with Crippen LogP contribution in [0.1, 0.15) is 23.0 Å². The van der Waals surface area contributed by atoms with E-state index in [0.717, 1.165) is 11.3 Å². The average Bonchev–Trinajstić information content (AvgIpc) is 2.93. The Balaban J connectivity index is 1.77. The molecule has 0 unspecified atom stereocenters. The van der Waals surface area contributed by atoms with Crippen molar-refractivity contribution in [3.05, 3.63) is 63.8 Å². The Morgan fingerprint density at radius 3 is 2.87 bits per heavy atom. The lowest BCUT2D eigenvalue weighted by molar-refractivity contribution is 0.176. The van der Waals surface area contributed by atoms with E-state index in [1.165, 1.54) is 12.1 Å². The molecule has 1 atom stereocenters. The Morgan fingerprint density at radius 1 is 1.30 bits per heavy atom. The minimum atomic E-state index is -0.767. The van der Waals surface area contributed by atoms with E-state index in [1.807, 2.05) is 13.0 Å². The summed E-state index contributed by atoms with van der Waals surface area (Å²) in [6.07, 6.45) is 0.909. The fourth-order valence-corrected chi connectivity index (χ4v) is 2.60. The molecule has 0 amide bonds. The molecule has 6 nitrogen and oxygen atoms in total. The molecular weight excluding hydrogens is 296 g/mol. The summed E-state index contributed by atoms with van der Waals surface area (Å²) in [7, 11) is 0. The van der Waals surface area contributed by atoms with Gasteiger partial charge in [-0.15, -0.1) is 0 Å². The van der Waals surface area contributed by atoms with E-state index >= 15 is 0 Å². The zero-order valence-corrected chi connectivity index (χ0v) is 12.7. The Hall–Kier alpha value is -2.57. The molecule has 2 aromatic heterocycles. The number of aryl methyl sites for hydroxylation is 1. The molecule has 0 aliphatic carbocycles. The number of aromatic amines is 1. The number of aromatic hydroxyl groups is 1. The summed E-state index contributed by atoms with van der Waals surface area (Å²) in [5.74, 6) is 0.825. The molecule has 0 spiro atoms. The molecule has 0 saturated heterocycles. The Kier molecular flexibility index (Phi) is 4.18. The zero-order valence-electron chi connectivity index (χ0n) is 12.7. The molecule has 0 saturated carbocycles. The standard InChI is InChI=1S/C17H18N2O4/c1-10-6-11(9-23-10)7-18-8-15(21)12-2-4-14(20)17-13(12)3-5-16(22)19-17/h2-6,9,15,18,20-21H,7-8H2,1H3,(H,19,22)/t15-/m0/s1. The van der Waals surface area contributed by atoms with Gasteiger partial charge < -0.3 is 24.9 Å². The number of H-pyrrole nitrogens is 1. The van der Waals surface area contributed by atoms with Gasteiger partial charge in [-0.3, -0.25) is 4.79 Å². The third kappa shape index (κ3) is 3.28. The summed E-state index contributed by atoms with van der Waals surface area (Å²) in [6, 6.07) is 8.03. The number of phenols is 1. The summed E-state index contributed by atoms with van der Waals surface area (Å²) >= 11 is 0. The second-order valence-corrected chi connectivity index (χ2v) is 5.50. The highest BCUT2D eigenvalue weighted by molar-refractivity contribution is 5.87. The van der Waals surface area contributed by atoms with Gasteiger partial charge in [-0.05, 0) is 30.7 Å². The van der Waals surface area contributed by atoms with E-state index in [1.54, 1.807) is 18.4 Å². The molecule has 0 aliphatic heterocycles. The number of rotatable bonds is 5. The van der Waals surface area contributed by atoms with Crippen LogP contribution in [-0.4, -0.2) is 21.7 Å². The molecular formula is C17H18N2O4. The number of fused-ring (bicyclic) bond motifs is 1. The molecule has 1 aromatic carbocycles. The highest BCUT2D eigenvalue weighted by atomic mass is 16.3. The van der Waals surface area contributed by atoms with E-state index in [9.17, 15) is 15.0 Å². The van der Waals surface area contributed by atoms with Gasteiger partial charge in [-0.1, -0.05) is 6.07 Å². The SMILES string of the molecule is Cc1cc(CNC[C@H](O)c2ccc(O)c3[nH]c(=O)ccc23)co1. The smallest absolute Gasteiger partial charge is 0.248 e. The first kappa shape index (κ1) is 15.3. The molecule has 0 bridgehead atoms. The van der Waals surface area contributed by atoms with Crippen LogP contribution in [0.3, 0.4) is 0 Å². The molecule has 23 heavy (non-hydrogen) atoms. The number of hydrogen-bond donors (Lipinski definition) is 4. The first-order chi connectivity index (χ1) is 11.0. The monoisotopic (exact) mass is 314 g/mol. The number of hydrogen-bond acceptors (Lipinski definition) is 5. The maximum atomic E-state index is 11.4. The molecule has 0 aliphatic rings. The van der Waals surface area contributed by atoms with Crippen molar-refractivity contribution in [3.8, 4) is 5.75 Å². The molecule has 4 N–H and O–H groups in total.